The molecule has 0 amide bonds. The van der Waals surface area contributed by atoms with Crippen molar-refractivity contribution in [3.05, 3.63) is 86.6 Å². The van der Waals surface area contributed by atoms with E-state index in [4.69, 9.17) is 46.5 Å². The first-order chi connectivity index (χ1) is 29.8. The van der Waals surface area contributed by atoms with Crippen molar-refractivity contribution in [1.29, 1.82) is 10.5 Å². The third-order valence-electron chi connectivity index (χ3n) is 14.1. The topological polar surface area (TPSA) is 135 Å². The third-order valence-corrected chi connectivity index (χ3v) is 14.1. The summed E-state index contributed by atoms with van der Waals surface area (Å²) in [6.07, 6.45) is 13.5. The maximum Gasteiger partial charge on any atom is 2.00 e. The number of piperidine rings is 2. The van der Waals surface area contributed by atoms with E-state index in [-0.39, 0.29) is 56.1 Å². The number of hydrogen-bond donors (Lipinski definition) is 4. The fourth-order valence-corrected chi connectivity index (χ4v) is 9.54. The Morgan fingerprint density at radius 1 is 0.600 bits per heavy atom. The largest absolute Gasteiger partial charge is 2.00 e. The van der Waals surface area contributed by atoms with Crippen molar-refractivity contribution in [2.45, 2.75) is 147 Å². The molecule has 65 heavy (non-hydrogen) atoms. The van der Waals surface area contributed by atoms with Gasteiger partial charge in [0, 0.05) is 20.4 Å². The van der Waals surface area contributed by atoms with Crippen LogP contribution in [0.25, 0.3) is 0 Å². The van der Waals surface area contributed by atoms with E-state index < -0.39 is 0 Å². The van der Waals surface area contributed by atoms with Crippen molar-refractivity contribution in [2.24, 2.45) is 70.6 Å². The number of halogens is 2. The van der Waals surface area contributed by atoms with Crippen molar-refractivity contribution in [3.8, 4) is 12.1 Å². The summed E-state index contributed by atoms with van der Waals surface area (Å²) in [6.45, 7) is 30.3. The van der Waals surface area contributed by atoms with E-state index in [2.05, 4.69) is 95.9 Å². The second-order valence-electron chi connectivity index (χ2n) is 17.8. The zero-order valence-electron chi connectivity index (χ0n) is 43.1. The van der Waals surface area contributed by atoms with E-state index in [1.54, 1.807) is 12.1 Å². The van der Waals surface area contributed by atoms with Crippen LogP contribution in [0.5, 0.6) is 0 Å². The number of benzene rings is 2. The standard InChI is InChI=1S/C12H17N.2C12H25N.C7H8O.C5H11N.2C2H3N.2CH3.2ClH.2Rh/c1-3-7-12(8-4-1)11-13-9-5-2-6-10-13;2*1-8-9(2)11(4)12(10(8)3)6-5-7-13;8-6-7-4-2-1-3-5-7;1-2-4-6-5-3-1;2*1-2-3;;;;;;/h1,3-4,7-8H,2,5-6,9-11H2;2*8-12H,5-7,13H2,1-4H3;1-5,8H,6H2;6H,1-5H2;2*1H3;2*1H3;2*1H;;/q;;;;;;;2*-1;;;2*+2/p-2. The Hall–Kier alpha value is -0.953. The van der Waals surface area contributed by atoms with Crippen LogP contribution in [0.1, 0.15) is 145 Å². The molecule has 2 aliphatic heterocycles. The summed E-state index contributed by atoms with van der Waals surface area (Å²) in [5, 5.41) is 26.5. The number of hydrogen-bond acceptors (Lipinski definition) is 7. The van der Waals surface area contributed by atoms with Crippen molar-refractivity contribution in [2.75, 3.05) is 39.3 Å². The predicted octanol–water partition coefficient (Wildman–Crippen LogP) is 13.7. The van der Waals surface area contributed by atoms with Crippen LogP contribution in [0, 0.1) is 96.7 Å². The molecule has 382 valence electrons. The molecular formula is C54H98Cl2N6ORh2. The van der Waals surface area contributed by atoms with Gasteiger partial charge < -0.3 is 36.7 Å². The van der Waals surface area contributed by atoms with E-state index in [0.717, 1.165) is 84.4 Å². The molecule has 0 bridgehead atoms. The summed E-state index contributed by atoms with van der Waals surface area (Å²) >= 11 is -0.226. The molecule has 6 N–H and O–H groups in total. The van der Waals surface area contributed by atoms with Gasteiger partial charge in [0.1, 0.15) is 0 Å². The Morgan fingerprint density at radius 3 is 1.15 bits per heavy atom. The Morgan fingerprint density at radius 2 is 0.908 bits per heavy atom. The van der Waals surface area contributed by atoms with Gasteiger partial charge in [-0.05, 0) is 161 Å². The van der Waals surface area contributed by atoms with Crippen molar-refractivity contribution in [3.63, 3.8) is 0 Å². The van der Waals surface area contributed by atoms with E-state index in [9.17, 15) is 0 Å². The van der Waals surface area contributed by atoms with Gasteiger partial charge in [0.2, 0.25) is 0 Å². The number of nitriles is 2. The number of aliphatic hydroxyl groups excluding tert-OH is 1. The first-order valence-corrected chi connectivity index (χ1v) is 28.0. The first kappa shape index (κ1) is 73.0. The molecule has 2 heterocycles. The van der Waals surface area contributed by atoms with Gasteiger partial charge in [-0.1, -0.05) is 129 Å². The molecule has 4 fully saturated rings. The molecule has 4 aliphatic rings. The average Bonchev–Trinajstić information content (AvgIpc) is 3.60. The van der Waals surface area contributed by atoms with Crippen LogP contribution in [-0.2, 0) is 47.8 Å². The van der Waals surface area contributed by atoms with Crippen LogP contribution >= 0.6 is 19.4 Å². The summed E-state index contributed by atoms with van der Waals surface area (Å²) in [5.74, 6) is 9.05. The molecule has 8 unspecified atom stereocenters. The summed E-state index contributed by atoms with van der Waals surface area (Å²) in [4.78, 5) is 2.55. The van der Waals surface area contributed by atoms with E-state index in [1.165, 1.54) is 110 Å². The van der Waals surface area contributed by atoms with E-state index in [0.29, 0.717) is 0 Å². The van der Waals surface area contributed by atoms with Crippen LogP contribution in [0.3, 0.4) is 0 Å². The maximum absolute atomic E-state index is 8.54. The molecule has 2 aliphatic carbocycles. The Labute approximate surface area is 432 Å². The minimum atomic E-state index is -0.226. The van der Waals surface area contributed by atoms with Crippen LogP contribution in [0.2, 0.25) is 0 Å². The van der Waals surface area contributed by atoms with Crippen LogP contribution in [0.15, 0.2) is 60.7 Å². The molecular weight excluding hydrogens is 1030 g/mol. The number of aliphatic hydroxyl groups is 1. The van der Waals surface area contributed by atoms with Crippen molar-refractivity contribution in [1.82, 2.24) is 10.2 Å². The molecule has 0 aromatic heterocycles. The zero-order valence-corrected chi connectivity index (χ0v) is 47.9. The molecule has 8 atom stereocenters. The number of rotatable bonds is 9. The number of likely N-dealkylation sites (tertiary alicyclic amines) is 1. The quantitative estimate of drug-likeness (QED) is 0.145. The second kappa shape index (κ2) is 49.5. The Bertz CT molecular complexity index is 1260. The van der Waals surface area contributed by atoms with Gasteiger partial charge in [-0.25, -0.2) is 0 Å². The average molecular weight is 1120 g/mol. The fraction of sp³-hybridized carbons (Fsp3) is 0.704. The van der Waals surface area contributed by atoms with Gasteiger partial charge in [0.15, 0.2) is 0 Å². The molecule has 0 spiro atoms. The first-order valence-electron chi connectivity index (χ1n) is 23.8. The molecule has 1 radical (unpaired) electrons. The SMILES string of the molecule is C1CCNCC1.CC#N.CC#N.CC1C(C)C(C)C(CCCN)C1C.CC1C(C)C(C)C(CCCN)C1C.OCc1ccccc1.[CH3-].[CH3-].[Cl][Rh][Cl].[Rh+2].c1ccc(CN2CCCCC2)cc1. The van der Waals surface area contributed by atoms with Gasteiger partial charge in [-0.2, -0.15) is 10.5 Å². The van der Waals surface area contributed by atoms with E-state index in [1.807, 2.05) is 30.3 Å². The predicted molar refractivity (Wildman–Crippen MR) is 279 cm³/mol. The molecule has 2 aromatic rings. The molecule has 6 rings (SSSR count). The van der Waals surface area contributed by atoms with Crippen molar-refractivity contribution < 1.29 is 39.7 Å². The van der Waals surface area contributed by atoms with Crippen LogP contribution in [-0.4, -0.2) is 49.3 Å². The molecule has 11 heteroatoms. The van der Waals surface area contributed by atoms with Crippen LogP contribution in [0.4, 0.5) is 0 Å². The number of nitrogens with zero attached hydrogens (tertiary/aromatic N) is 3. The summed E-state index contributed by atoms with van der Waals surface area (Å²) in [5.41, 5.74) is 13.5. The van der Waals surface area contributed by atoms with Gasteiger partial charge >= 0.3 is 54.0 Å². The normalized spacial score (nSPS) is 25.9. The minimum Gasteiger partial charge on any atom is -0.299 e. The number of nitrogens with one attached hydrogen (secondary N) is 1. The number of nitrogens with two attached hydrogens (primary N) is 2. The molecule has 2 saturated carbocycles. The smallest absolute Gasteiger partial charge is 0.299 e. The van der Waals surface area contributed by atoms with Gasteiger partial charge in [0.25, 0.3) is 0 Å². The maximum atomic E-state index is 8.54. The van der Waals surface area contributed by atoms with Gasteiger partial charge in [-0.15, -0.1) is 0 Å². The summed E-state index contributed by atoms with van der Waals surface area (Å²) in [6, 6.07) is 23.8. The second-order valence-corrected chi connectivity index (χ2v) is 20.3. The Kier molecular flexibility index (Phi) is 55.6. The fourth-order valence-electron chi connectivity index (χ4n) is 9.54. The summed E-state index contributed by atoms with van der Waals surface area (Å²) < 4.78 is 0. The molecule has 7 nitrogen and oxygen atoms in total. The monoisotopic (exact) mass is 1120 g/mol. The summed E-state index contributed by atoms with van der Waals surface area (Å²) in [7, 11) is 9.67. The van der Waals surface area contributed by atoms with E-state index >= 15 is 0 Å². The minimum absolute atomic E-state index is 0. The Balaban J connectivity index is -0.000000222. The third kappa shape index (κ3) is 34.1. The molecule has 2 aromatic carbocycles. The van der Waals surface area contributed by atoms with Gasteiger partial charge in [-0.3, -0.25) is 4.90 Å². The van der Waals surface area contributed by atoms with Crippen molar-refractivity contribution >= 4 is 19.4 Å². The van der Waals surface area contributed by atoms with Crippen LogP contribution < -0.4 is 16.8 Å². The molecule has 2 saturated heterocycles. The zero-order chi connectivity index (χ0) is 47.1. The van der Waals surface area contributed by atoms with Gasteiger partial charge in [0.05, 0.1) is 18.7 Å².